The lowest BCUT2D eigenvalue weighted by atomic mass is 9.72. The molecule has 2 rings (SSSR count). The summed E-state index contributed by atoms with van der Waals surface area (Å²) in [6.07, 6.45) is 3.22. The average molecular weight is 374 g/mol. The minimum Gasteiger partial charge on any atom is -0.549 e. The minimum atomic E-state index is -1.34. The SMILES string of the molecule is CCSc1ccc(OC2(CC)C(CC)=C(C(=O)[O-])C=CC2C(=O)[O-])cc1. The Morgan fingerprint density at radius 2 is 1.81 bits per heavy atom. The summed E-state index contributed by atoms with van der Waals surface area (Å²) in [7, 11) is 0. The second-order valence-corrected chi connectivity index (χ2v) is 7.28. The molecule has 0 heterocycles. The number of carbonyl (C=O) groups excluding carboxylic acids is 2. The van der Waals surface area contributed by atoms with E-state index in [1.807, 2.05) is 12.1 Å². The van der Waals surface area contributed by atoms with Gasteiger partial charge >= 0.3 is 0 Å². The van der Waals surface area contributed by atoms with Crippen molar-refractivity contribution < 1.29 is 24.5 Å². The van der Waals surface area contributed by atoms with Crippen LogP contribution < -0.4 is 14.9 Å². The van der Waals surface area contributed by atoms with Crippen molar-refractivity contribution in [3.63, 3.8) is 0 Å². The minimum absolute atomic E-state index is 0.0231. The first-order valence-electron chi connectivity index (χ1n) is 8.65. The van der Waals surface area contributed by atoms with Crippen LogP contribution in [0, 0.1) is 5.92 Å². The maximum absolute atomic E-state index is 11.8. The molecule has 1 aromatic rings. The van der Waals surface area contributed by atoms with Crippen LogP contribution in [-0.4, -0.2) is 23.3 Å². The standard InChI is InChI=1S/C20H24O5S/c1-4-16-15(18(21)22)11-12-17(19(23)24)20(16,5-2)25-13-7-9-14(10-8-13)26-6-3/h7-12,17H,4-6H2,1-3H3,(H,21,22)(H,23,24)/p-2. The van der Waals surface area contributed by atoms with Gasteiger partial charge in [-0.05, 0) is 48.4 Å². The van der Waals surface area contributed by atoms with Gasteiger partial charge in [-0.1, -0.05) is 32.9 Å². The number of hydrogen-bond donors (Lipinski definition) is 0. The third-order valence-electron chi connectivity index (χ3n) is 4.58. The van der Waals surface area contributed by atoms with Gasteiger partial charge in [-0.15, -0.1) is 11.8 Å². The van der Waals surface area contributed by atoms with Gasteiger partial charge in [-0.3, -0.25) is 0 Å². The third-order valence-corrected chi connectivity index (χ3v) is 5.48. The van der Waals surface area contributed by atoms with E-state index in [0.717, 1.165) is 10.6 Å². The molecule has 5 nitrogen and oxygen atoms in total. The van der Waals surface area contributed by atoms with E-state index in [-0.39, 0.29) is 12.0 Å². The van der Waals surface area contributed by atoms with Gasteiger partial charge in [0.05, 0.1) is 17.9 Å². The number of rotatable bonds is 8. The van der Waals surface area contributed by atoms with Crippen molar-refractivity contribution in [2.75, 3.05) is 5.75 Å². The molecule has 6 heteroatoms. The molecule has 0 saturated heterocycles. The molecule has 2 unspecified atom stereocenters. The number of carboxylic acids is 2. The number of hydrogen-bond acceptors (Lipinski definition) is 6. The molecular formula is C20H22O5S-2. The molecule has 140 valence electrons. The molecule has 0 saturated carbocycles. The van der Waals surface area contributed by atoms with E-state index in [1.54, 1.807) is 37.7 Å². The molecular weight excluding hydrogens is 352 g/mol. The molecule has 0 spiro atoms. The van der Waals surface area contributed by atoms with Gasteiger partial charge < -0.3 is 24.5 Å². The van der Waals surface area contributed by atoms with Crippen molar-refractivity contribution >= 4 is 23.7 Å². The molecule has 0 radical (unpaired) electrons. The van der Waals surface area contributed by atoms with E-state index in [4.69, 9.17) is 4.74 Å². The smallest absolute Gasteiger partial charge is 0.142 e. The fourth-order valence-corrected chi connectivity index (χ4v) is 4.09. The van der Waals surface area contributed by atoms with Crippen molar-refractivity contribution in [3.05, 3.63) is 47.6 Å². The summed E-state index contributed by atoms with van der Waals surface area (Å²) < 4.78 is 6.15. The number of ether oxygens (including phenoxy) is 1. The fourth-order valence-electron chi connectivity index (χ4n) is 3.43. The van der Waals surface area contributed by atoms with Gasteiger partial charge in [0, 0.05) is 10.5 Å². The highest BCUT2D eigenvalue weighted by molar-refractivity contribution is 7.99. The van der Waals surface area contributed by atoms with Gasteiger partial charge in [0.2, 0.25) is 0 Å². The predicted octanol–water partition coefficient (Wildman–Crippen LogP) is 1.72. The predicted molar refractivity (Wildman–Crippen MR) is 96.5 cm³/mol. The Bertz CT molecular complexity index is 735. The van der Waals surface area contributed by atoms with Gasteiger partial charge in [0.25, 0.3) is 0 Å². The largest absolute Gasteiger partial charge is 0.549 e. The first kappa shape index (κ1) is 20.1. The molecule has 2 atom stereocenters. The molecule has 1 aliphatic rings. The van der Waals surface area contributed by atoms with Crippen LogP contribution in [0.2, 0.25) is 0 Å². The van der Waals surface area contributed by atoms with Crippen molar-refractivity contribution in [1.29, 1.82) is 0 Å². The molecule has 0 amide bonds. The van der Waals surface area contributed by atoms with Crippen LogP contribution in [0.3, 0.4) is 0 Å². The van der Waals surface area contributed by atoms with Crippen LogP contribution in [-0.2, 0) is 9.59 Å². The molecule has 0 aliphatic heterocycles. The Labute approximate surface area is 157 Å². The fraction of sp³-hybridized carbons (Fsp3) is 0.400. The van der Waals surface area contributed by atoms with E-state index >= 15 is 0 Å². The van der Waals surface area contributed by atoms with Crippen molar-refractivity contribution in [2.24, 2.45) is 5.92 Å². The summed E-state index contributed by atoms with van der Waals surface area (Å²) in [5.74, 6) is -2.31. The summed E-state index contributed by atoms with van der Waals surface area (Å²) >= 11 is 1.68. The molecule has 0 bridgehead atoms. The molecule has 1 aliphatic carbocycles. The molecule has 26 heavy (non-hydrogen) atoms. The Kier molecular flexibility index (Phi) is 6.53. The normalized spacial score (nSPS) is 22.3. The summed E-state index contributed by atoms with van der Waals surface area (Å²) in [4.78, 5) is 24.4. The Hall–Kier alpha value is -2.21. The van der Waals surface area contributed by atoms with Crippen molar-refractivity contribution in [2.45, 2.75) is 44.1 Å². The maximum Gasteiger partial charge on any atom is 0.142 e. The maximum atomic E-state index is 11.8. The van der Waals surface area contributed by atoms with E-state index in [2.05, 4.69) is 6.92 Å². The van der Waals surface area contributed by atoms with Crippen molar-refractivity contribution in [3.8, 4) is 5.75 Å². The molecule has 0 aromatic heterocycles. The Balaban J connectivity index is 2.52. The average Bonchev–Trinajstić information content (AvgIpc) is 2.62. The van der Waals surface area contributed by atoms with E-state index < -0.39 is 23.5 Å². The quantitative estimate of drug-likeness (QED) is 0.644. The van der Waals surface area contributed by atoms with Crippen molar-refractivity contribution in [1.82, 2.24) is 0 Å². The lowest BCUT2D eigenvalue weighted by Crippen LogP contribution is -2.54. The highest BCUT2D eigenvalue weighted by atomic mass is 32.2. The second-order valence-electron chi connectivity index (χ2n) is 5.94. The van der Waals surface area contributed by atoms with Gasteiger partial charge in [0.1, 0.15) is 11.4 Å². The van der Waals surface area contributed by atoms with Crippen LogP contribution >= 0.6 is 11.8 Å². The summed E-state index contributed by atoms with van der Waals surface area (Å²) in [6.45, 7) is 5.61. The van der Waals surface area contributed by atoms with Gasteiger partial charge in [0.15, 0.2) is 0 Å². The zero-order chi connectivity index (χ0) is 19.3. The number of carboxylic acid groups (broad SMARTS) is 2. The van der Waals surface area contributed by atoms with Gasteiger partial charge in [-0.2, -0.15) is 0 Å². The van der Waals surface area contributed by atoms with Crippen LogP contribution in [0.4, 0.5) is 0 Å². The summed E-state index contributed by atoms with van der Waals surface area (Å²) in [6, 6.07) is 7.33. The lowest BCUT2D eigenvalue weighted by Gasteiger charge is -2.44. The Morgan fingerprint density at radius 3 is 2.27 bits per heavy atom. The molecule has 0 fully saturated rings. The number of carbonyl (C=O) groups is 2. The van der Waals surface area contributed by atoms with E-state index in [1.165, 1.54) is 12.2 Å². The first-order valence-corrected chi connectivity index (χ1v) is 9.64. The monoisotopic (exact) mass is 374 g/mol. The highest BCUT2D eigenvalue weighted by Crippen LogP contribution is 2.42. The van der Waals surface area contributed by atoms with Crippen LogP contribution in [0.1, 0.15) is 33.6 Å². The highest BCUT2D eigenvalue weighted by Gasteiger charge is 2.45. The zero-order valence-corrected chi connectivity index (χ0v) is 15.9. The third kappa shape index (κ3) is 3.80. The van der Waals surface area contributed by atoms with Crippen LogP contribution in [0.25, 0.3) is 0 Å². The van der Waals surface area contributed by atoms with E-state index in [0.29, 0.717) is 17.7 Å². The summed E-state index contributed by atoms with van der Waals surface area (Å²) in [5, 5.41) is 23.3. The van der Waals surface area contributed by atoms with Crippen LogP contribution in [0.5, 0.6) is 5.75 Å². The number of aliphatic carboxylic acids is 2. The first-order chi connectivity index (χ1) is 12.4. The van der Waals surface area contributed by atoms with Gasteiger partial charge in [-0.25, -0.2) is 0 Å². The molecule has 0 N–H and O–H groups in total. The summed E-state index contributed by atoms with van der Waals surface area (Å²) in [5.41, 5.74) is -0.939. The van der Waals surface area contributed by atoms with E-state index in [9.17, 15) is 19.8 Å². The number of thioether (sulfide) groups is 1. The second kappa shape index (κ2) is 8.45. The number of benzene rings is 1. The van der Waals surface area contributed by atoms with Crippen LogP contribution in [0.15, 0.2) is 52.5 Å². The topological polar surface area (TPSA) is 89.5 Å². The Morgan fingerprint density at radius 1 is 1.15 bits per heavy atom. The molecule has 1 aromatic carbocycles. The lowest BCUT2D eigenvalue weighted by molar-refractivity contribution is -0.314. The zero-order valence-electron chi connectivity index (χ0n) is 15.1.